The van der Waals surface area contributed by atoms with Gasteiger partial charge in [0.05, 0.1) is 24.0 Å². The zero-order chi connectivity index (χ0) is 14.7. The molecule has 114 valence electrons. The quantitative estimate of drug-likeness (QED) is 0.325. The van der Waals surface area contributed by atoms with E-state index in [2.05, 4.69) is 13.5 Å². The lowest BCUT2D eigenvalue weighted by molar-refractivity contribution is -0.141. The highest BCUT2D eigenvalue weighted by Crippen LogP contribution is 2.67. The Morgan fingerprint density at radius 2 is 1.76 bits per heavy atom. The van der Waals surface area contributed by atoms with Gasteiger partial charge in [-0.25, -0.2) is 0 Å². The van der Waals surface area contributed by atoms with E-state index in [0.29, 0.717) is 24.3 Å². The lowest BCUT2D eigenvalue weighted by Gasteiger charge is -2.23. The molecule has 2 aliphatic carbocycles. The van der Waals surface area contributed by atoms with Crippen LogP contribution >= 0.6 is 0 Å². The van der Waals surface area contributed by atoms with Crippen LogP contribution in [0.1, 0.15) is 32.6 Å². The van der Waals surface area contributed by atoms with Gasteiger partial charge >= 0.3 is 0 Å². The Balaban J connectivity index is 1.57. The zero-order valence-corrected chi connectivity index (χ0v) is 12.5. The molecule has 0 radical (unpaired) electrons. The van der Waals surface area contributed by atoms with Gasteiger partial charge in [-0.05, 0) is 12.3 Å². The largest absolute Gasteiger partial charge is 0.369 e. The van der Waals surface area contributed by atoms with Crippen LogP contribution in [-0.2, 0) is 14.3 Å². The van der Waals surface area contributed by atoms with Crippen LogP contribution in [0.5, 0.6) is 0 Å². The molecule has 0 N–H and O–H groups in total. The maximum Gasteiger partial charge on any atom is 0.233 e. The SMILES string of the molecule is C=CCN1C(=O)C2C(C1=O)C1C(CCCCC)C2C2OC21. The first-order valence-electron chi connectivity index (χ1n) is 8.32. The molecule has 0 aromatic rings. The molecule has 2 bridgehead atoms. The van der Waals surface area contributed by atoms with Crippen molar-refractivity contribution in [2.24, 2.45) is 29.6 Å². The van der Waals surface area contributed by atoms with Gasteiger partial charge in [0.1, 0.15) is 0 Å². The fourth-order valence-electron chi connectivity index (χ4n) is 5.35. The van der Waals surface area contributed by atoms with Crippen molar-refractivity contribution in [1.29, 1.82) is 0 Å². The van der Waals surface area contributed by atoms with Crippen LogP contribution in [-0.4, -0.2) is 35.5 Å². The first-order valence-corrected chi connectivity index (χ1v) is 8.32. The molecule has 2 heterocycles. The minimum atomic E-state index is -0.0992. The first-order chi connectivity index (χ1) is 10.2. The van der Waals surface area contributed by atoms with Gasteiger partial charge < -0.3 is 4.74 Å². The number of amides is 2. The third-order valence-corrected chi connectivity index (χ3v) is 6.08. The molecule has 4 rings (SSSR count). The summed E-state index contributed by atoms with van der Waals surface area (Å²) in [4.78, 5) is 26.7. The number of ether oxygens (including phenoxy) is 1. The standard InChI is InChI=1S/C17H23NO3/c1-3-5-6-7-9-10-12-13(11(9)15-14(10)21-15)17(20)18(8-4-2)16(12)19/h4,9-15H,2-3,5-8H2,1H3. The molecule has 6 unspecified atom stereocenters. The van der Waals surface area contributed by atoms with Crippen LogP contribution in [0.25, 0.3) is 0 Å². The number of hydrogen-bond donors (Lipinski definition) is 0. The van der Waals surface area contributed by atoms with Gasteiger partial charge in [0.25, 0.3) is 0 Å². The lowest BCUT2D eigenvalue weighted by Crippen LogP contribution is -2.35. The van der Waals surface area contributed by atoms with E-state index in [1.165, 1.54) is 24.2 Å². The molecule has 4 heteroatoms. The molecule has 0 spiro atoms. The average Bonchev–Trinajstić information content (AvgIpc) is 3.07. The van der Waals surface area contributed by atoms with Crippen molar-refractivity contribution in [2.45, 2.75) is 44.8 Å². The Hall–Kier alpha value is -1.16. The maximum atomic E-state index is 12.6. The Morgan fingerprint density at radius 3 is 2.29 bits per heavy atom. The van der Waals surface area contributed by atoms with E-state index in [0.717, 1.165) is 6.42 Å². The van der Waals surface area contributed by atoms with Gasteiger partial charge in [0, 0.05) is 18.4 Å². The van der Waals surface area contributed by atoms with Gasteiger partial charge in [-0.1, -0.05) is 32.3 Å². The van der Waals surface area contributed by atoms with Gasteiger partial charge in [-0.2, -0.15) is 0 Å². The first kappa shape index (κ1) is 13.5. The number of carbonyl (C=O) groups excluding carboxylic acids is 2. The summed E-state index contributed by atoms with van der Waals surface area (Å²) < 4.78 is 5.76. The lowest BCUT2D eigenvalue weighted by atomic mass is 9.81. The fraction of sp³-hybridized carbons (Fsp3) is 0.765. The number of imide groups is 1. The van der Waals surface area contributed by atoms with Crippen molar-refractivity contribution in [3.05, 3.63) is 12.7 Å². The predicted molar refractivity (Wildman–Crippen MR) is 77.2 cm³/mol. The van der Waals surface area contributed by atoms with Crippen molar-refractivity contribution < 1.29 is 14.3 Å². The molecule has 0 aromatic carbocycles. The highest BCUT2D eigenvalue weighted by atomic mass is 16.6. The molecule has 2 amide bonds. The van der Waals surface area contributed by atoms with E-state index in [4.69, 9.17) is 4.74 Å². The highest BCUT2D eigenvalue weighted by Gasteiger charge is 2.77. The number of hydrogen-bond acceptors (Lipinski definition) is 3. The van der Waals surface area contributed by atoms with Crippen LogP contribution in [0.3, 0.4) is 0 Å². The fourth-order valence-corrected chi connectivity index (χ4v) is 5.35. The molecule has 6 atom stereocenters. The Morgan fingerprint density at radius 1 is 1.14 bits per heavy atom. The predicted octanol–water partition coefficient (Wildman–Crippen LogP) is 2.00. The van der Waals surface area contributed by atoms with Gasteiger partial charge in [0.2, 0.25) is 11.8 Å². The zero-order valence-electron chi connectivity index (χ0n) is 12.5. The third-order valence-electron chi connectivity index (χ3n) is 6.08. The smallest absolute Gasteiger partial charge is 0.233 e. The summed E-state index contributed by atoms with van der Waals surface area (Å²) in [5.74, 6) is 1.00. The van der Waals surface area contributed by atoms with Crippen molar-refractivity contribution >= 4 is 11.8 Å². The molecule has 4 fully saturated rings. The van der Waals surface area contributed by atoms with Gasteiger partial charge in [-0.3, -0.25) is 14.5 Å². The second-order valence-electron chi connectivity index (χ2n) is 7.01. The second-order valence-corrected chi connectivity index (χ2v) is 7.01. The molecule has 2 saturated carbocycles. The molecule has 2 saturated heterocycles. The Bertz CT molecular complexity index is 468. The number of nitrogens with zero attached hydrogens (tertiary/aromatic N) is 1. The minimum Gasteiger partial charge on any atom is -0.369 e. The molecule has 4 aliphatic rings. The summed E-state index contributed by atoms with van der Waals surface area (Å²) in [6.07, 6.45) is 7.01. The highest BCUT2D eigenvalue weighted by molar-refractivity contribution is 6.06. The van der Waals surface area contributed by atoms with Gasteiger partial charge in [0.15, 0.2) is 0 Å². The van der Waals surface area contributed by atoms with E-state index < -0.39 is 0 Å². The molecule has 4 nitrogen and oxygen atoms in total. The van der Waals surface area contributed by atoms with E-state index in [-0.39, 0.29) is 35.9 Å². The number of unbranched alkanes of at least 4 members (excludes halogenated alkanes) is 2. The minimum absolute atomic E-state index is 0.0341. The summed E-state index contributed by atoms with van der Waals surface area (Å²) >= 11 is 0. The summed E-state index contributed by atoms with van der Waals surface area (Å²) in [5, 5.41) is 0. The van der Waals surface area contributed by atoms with Crippen LogP contribution in [0, 0.1) is 29.6 Å². The van der Waals surface area contributed by atoms with Crippen LogP contribution in [0.4, 0.5) is 0 Å². The number of fused-ring (bicyclic) bond motifs is 8. The summed E-state index contributed by atoms with van der Waals surface area (Å²) in [5.41, 5.74) is 0. The number of carbonyl (C=O) groups is 2. The summed E-state index contributed by atoms with van der Waals surface area (Å²) in [6, 6.07) is 0. The van der Waals surface area contributed by atoms with Gasteiger partial charge in [-0.15, -0.1) is 6.58 Å². The Kier molecular flexibility index (Phi) is 3.00. The number of likely N-dealkylation sites (tertiary alicyclic amines) is 1. The van der Waals surface area contributed by atoms with Crippen LogP contribution < -0.4 is 0 Å². The number of rotatable bonds is 6. The maximum absolute atomic E-state index is 12.6. The molecule has 0 aromatic heterocycles. The molecule has 2 aliphatic heterocycles. The average molecular weight is 289 g/mol. The molecular weight excluding hydrogens is 266 g/mol. The second kappa shape index (κ2) is 4.67. The van der Waals surface area contributed by atoms with E-state index in [1.54, 1.807) is 6.08 Å². The van der Waals surface area contributed by atoms with Crippen LogP contribution in [0.15, 0.2) is 12.7 Å². The summed E-state index contributed by atoms with van der Waals surface area (Å²) in [6.45, 7) is 6.23. The van der Waals surface area contributed by atoms with E-state index in [1.807, 2.05) is 0 Å². The molecular formula is C17H23NO3. The topological polar surface area (TPSA) is 49.9 Å². The van der Waals surface area contributed by atoms with Crippen molar-refractivity contribution in [3.63, 3.8) is 0 Å². The summed E-state index contributed by atoms with van der Waals surface area (Å²) in [7, 11) is 0. The number of epoxide rings is 1. The van der Waals surface area contributed by atoms with Crippen molar-refractivity contribution in [3.8, 4) is 0 Å². The van der Waals surface area contributed by atoms with Crippen molar-refractivity contribution in [1.82, 2.24) is 4.90 Å². The van der Waals surface area contributed by atoms with E-state index >= 15 is 0 Å². The van der Waals surface area contributed by atoms with Crippen LogP contribution in [0.2, 0.25) is 0 Å². The normalized spacial score (nSPS) is 46.0. The third kappa shape index (κ3) is 1.65. The monoisotopic (exact) mass is 289 g/mol. The van der Waals surface area contributed by atoms with Crippen molar-refractivity contribution in [2.75, 3.05) is 6.54 Å². The molecule has 21 heavy (non-hydrogen) atoms. The Labute approximate surface area is 125 Å². The van der Waals surface area contributed by atoms with E-state index in [9.17, 15) is 9.59 Å².